The molecule has 72 valence electrons. The first-order valence-corrected chi connectivity index (χ1v) is 5.74. The van der Waals surface area contributed by atoms with Crippen LogP contribution in [0.4, 0.5) is 0 Å². The van der Waals surface area contributed by atoms with E-state index in [9.17, 15) is 0 Å². The van der Waals surface area contributed by atoms with E-state index in [1.54, 1.807) is 0 Å². The zero-order chi connectivity index (χ0) is 9.26. The van der Waals surface area contributed by atoms with Crippen LogP contribution in [0.3, 0.4) is 0 Å². The quantitative estimate of drug-likeness (QED) is 0.848. The molecule has 1 aromatic rings. The van der Waals surface area contributed by atoms with E-state index in [0.29, 0.717) is 6.04 Å². The van der Waals surface area contributed by atoms with Crippen molar-refractivity contribution in [1.82, 2.24) is 9.78 Å². The van der Waals surface area contributed by atoms with E-state index in [-0.39, 0.29) is 6.61 Å². The minimum atomic E-state index is 0.0513. The molecule has 0 aromatic carbocycles. The first-order chi connectivity index (χ1) is 6.31. The number of hydrogen-bond acceptors (Lipinski definition) is 2. The predicted molar refractivity (Wildman–Crippen MR) is 58.4 cm³/mol. The highest BCUT2D eigenvalue weighted by Crippen LogP contribution is 2.30. The Bertz CT molecular complexity index is 292. The summed E-state index contributed by atoms with van der Waals surface area (Å²) < 4.78 is 3.22. The molecule has 4 heteroatoms. The Balaban J connectivity index is 2.22. The molecule has 13 heavy (non-hydrogen) atoms. The Morgan fingerprint density at radius 1 is 1.54 bits per heavy atom. The highest BCUT2D eigenvalue weighted by atomic mass is 127. The Hall–Kier alpha value is -0.100. The second-order valence-corrected chi connectivity index (χ2v) is 4.60. The van der Waals surface area contributed by atoms with Crippen LogP contribution in [0.2, 0.25) is 0 Å². The van der Waals surface area contributed by atoms with Gasteiger partial charge in [0.05, 0.1) is 22.0 Å². The summed E-state index contributed by atoms with van der Waals surface area (Å²) in [7, 11) is 0. The summed E-state index contributed by atoms with van der Waals surface area (Å²) in [5.41, 5.74) is 0.788. The van der Waals surface area contributed by atoms with Crippen molar-refractivity contribution in [3.8, 4) is 0 Å². The topological polar surface area (TPSA) is 38.0 Å². The average molecular weight is 292 g/mol. The zero-order valence-electron chi connectivity index (χ0n) is 7.41. The van der Waals surface area contributed by atoms with Crippen molar-refractivity contribution < 1.29 is 5.11 Å². The van der Waals surface area contributed by atoms with Crippen LogP contribution >= 0.6 is 22.6 Å². The van der Waals surface area contributed by atoms with Gasteiger partial charge < -0.3 is 5.11 Å². The van der Waals surface area contributed by atoms with E-state index >= 15 is 0 Å². The number of aromatic nitrogens is 2. The first-order valence-electron chi connectivity index (χ1n) is 4.66. The number of nitrogens with zero attached hydrogens (tertiary/aromatic N) is 2. The Morgan fingerprint density at radius 2 is 2.23 bits per heavy atom. The maximum absolute atomic E-state index is 8.94. The zero-order valence-corrected chi connectivity index (χ0v) is 9.57. The Morgan fingerprint density at radius 3 is 2.77 bits per heavy atom. The lowest BCUT2D eigenvalue weighted by Crippen LogP contribution is -2.08. The molecule has 1 aliphatic rings. The summed E-state index contributed by atoms with van der Waals surface area (Å²) >= 11 is 2.28. The molecule has 3 nitrogen and oxygen atoms in total. The van der Waals surface area contributed by atoms with Gasteiger partial charge in [-0.3, -0.25) is 4.68 Å². The van der Waals surface area contributed by atoms with Crippen LogP contribution in [0, 0.1) is 3.70 Å². The van der Waals surface area contributed by atoms with Gasteiger partial charge in [-0.15, -0.1) is 0 Å². The number of halogens is 1. The molecule has 1 aromatic heterocycles. The summed E-state index contributed by atoms with van der Waals surface area (Å²) in [6.07, 6.45) is 5.11. The molecule has 2 rings (SSSR count). The largest absolute Gasteiger partial charge is 0.390 e. The van der Waals surface area contributed by atoms with Crippen LogP contribution in [0.15, 0.2) is 6.07 Å². The standard InChI is InChI=1S/C9H13IN2O/c10-9-5-7(6-13)11-12(9)8-3-1-2-4-8/h5,8,13H,1-4,6H2. The predicted octanol–water partition coefficient (Wildman–Crippen LogP) is 2.10. The van der Waals surface area contributed by atoms with Crippen molar-refractivity contribution in [1.29, 1.82) is 0 Å². The fourth-order valence-electron chi connectivity index (χ4n) is 1.90. The van der Waals surface area contributed by atoms with Crippen molar-refractivity contribution in [3.05, 3.63) is 15.5 Å². The van der Waals surface area contributed by atoms with Crippen LogP contribution < -0.4 is 0 Å². The first kappa shape index (κ1) is 9.45. The third-order valence-corrected chi connectivity index (χ3v) is 3.38. The van der Waals surface area contributed by atoms with Crippen LogP contribution in [-0.2, 0) is 6.61 Å². The van der Waals surface area contributed by atoms with Crippen molar-refractivity contribution in [2.75, 3.05) is 0 Å². The highest BCUT2D eigenvalue weighted by Gasteiger charge is 2.19. The van der Waals surface area contributed by atoms with Crippen molar-refractivity contribution in [2.24, 2.45) is 0 Å². The SMILES string of the molecule is OCc1cc(I)n(C2CCCC2)n1. The van der Waals surface area contributed by atoms with Gasteiger partial charge in [0.15, 0.2) is 0 Å². The maximum atomic E-state index is 8.94. The summed E-state index contributed by atoms with van der Waals surface area (Å²) in [6, 6.07) is 2.53. The average Bonchev–Trinajstić information content (AvgIpc) is 2.72. The molecule has 0 atom stereocenters. The molecular formula is C9H13IN2O. The maximum Gasteiger partial charge on any atom is 0.0996 e. The summed E-state index contributed by atoms with van der Waals surface area (Å²) in [5.74, 6) is 0. The van der Waals surface area contributed by atoms with Crippen LogP contribution in [0.25, 0.3) is 0 Å². The van der Waals surface area contributed by atoms with Gasteiger partial charge in [-0.25, -0.2) is 0 Å². The highest BCUT2D eigenvalue weighted by molar-refractivity contribution is 14.1. The number of hydrogen-bond donors (Lipinski definition) is 1. The molecule has 1 saturated carbocycles. The van der Waals surface area contributed by atoms with Gasteiger partial charge in [0.1, 0.15) is 0 Å². The molecule has 1 heterocycles. The molecular weight excluding hydrogens is 279 g/mol. The minimum Gasteiger partial charge on any atom is -0.390 e. The molecule has 0 bridgehead atoms. The van der Waals surface area contributed by atoms with E-state index in [1.165, 1.54) is 25.7 Å². The summed E-state index contributed by atoms with van der Waals surface area (Å²) in [5, 5.41) is 13.3. The van der Waals surface area contributed by atoms with Crippen molar-refractivity contribution in [2.45, 2.75) is 38.3 Å². The van der Waals surface area contributed by atoms with Gasteiger partial charge in [0.2, 0.25) is 0 Å². The fourth-order valence-corrected chi connectivity index (χ4v) is 2.76. The summed E-state index contributed by atoms with van der Waals surface area (Å²) in [4.78, 5) is 0. The third kappa shape index (κ3) is 1.88. The normalized spacial score (nSPS) is 18.3. The molecule has 0 amide bonds. The molecule has 1 aliphatic carbocycles. The van der Waals surface area contributed by atoms with Gasteiger partial charge in [0, 0.05) is 0 Å². The van der Waals surface area contributed by atoms with Crippen molar-refractivity contribution in [3.63, 3.8) is 0 Å². The monoisotopic (exact) mass is 292 g/mol. The third-order valence-electron chi connectivity index (χ3n) is 2.57. The minimum absolute atomic E-state index is 0.0513. The lowest BCUT2D eigenvalue weighted by molar-refractivity contribution is 0.274. The molecule has 0 aliphatic heterocycles. The van der Waals surface area contributed by atoms with Gasteiger partial charge >= 0.3 is 0 Å². The lowest BCUT2D eigenvalue weighted by Gasteiger charge is -2.10. The van der Waals surface area contributed by atoms with Gasteiger partial charge in [-0.2, -0.15) is 5.10 Å². The van der Waals surface area contributed by atoms with Crippen molar-refractivity contribution >= 4 is 22.6 Å². The smallest absolute Gasteiger partial charge is 0.0996 e. The number of rotatable bonds is 2. The molecule has 1 N–H and O–H groups in total. The van der Waals surface area contributed by atoms with Crippen LogP contribution in [-0.4, -0.2) is 14.9 Å². The second kappa shape index (κ2) is 3.96. The van der Waals surface area contributed by atoms with E-state index in [1.807, 2.05) is 6.07 Å². The number of aliphatic hydroxyl groups excluding tert-OH is 1. The Kier molecular flexibility index (Phi) is 2.88. The van der Waals surface area contributed by atoms with Crippen LogP contribution in [0.1, 0.15) is 37.4 Å². The molecule has 0 saturated heterocycles. The van der Waals surface area contributed by atoms with E-state index in [4.69, 9.17) is 5.11 Å². The van der Waals surface area contributed by atoms with Gasteiger partial charge in [-0.1, -0.05) is 12.8 Å². The van der Waals surface area contributed by atoms with Crippen LogP contribution in [0.5, 0.6) is 0 Å². The Labute approximate surface area is 91.3 Å². The summed E-state index contributed by atoms with van der Waals surface area (Å²) in [6.45, 7) is 0.0513. The second-order valence-electron chi connectivity index (χ2n) is 3.50. The van der Waals surface area contributed by atoms with E-state index < -0.39 is 0 Å². The molecule has 0 radical (unpaired) electrons. The van der Waals surface area contributed by atoms with E-state index in [0.717, 1.165) is 9.39 Å². The fraction of sp³-hybridized carbons (Fsp3) is 0.667. The molecule has 0 spiro atoms. The van der Waals surface area contributed by atoms with E-state index in [2.05, 4.69) is 32.4 Å². The van der Waals surface area contributed by atoms with Gasteiger partial charge in [0.25, 0.3) is 0 Å². The molecule has 0 unspecified atom stereocenters. The van der Waals surface area contributed by atoms with Gasteiger partial charge in [-0.05, 0) is 41.5 Å². The lowest BCUT2D eigenvalue weighted by atomic mass is 10.3. The molecule has 1 fully saturated rings. The number of aliphatic hydroxyl groups is 1.